The van der Waals surface area contributed by atoms with E-state index in [9.17, 15) is 28.6 Å². The second-order valence-electron chi connectivity index (χ2n) is 8.05. The second kappa shape index (κ2) is 8.88. The van der Waals surface area contributed by atoms with Gasteiger partial charge in [-0.1, -0.05) is 12.1 Å². The number of phenolic OH excluding ortho intramolecular Hbond substituents is 2. The lowest BCUT2D eigenvalue weighted by molar-refractivity contribution is -0.135. The molecular formula is C26H18F2O8. The number of ether oxygens (including phenoxy) is 3. The number of benzene rings is 3. The quantitative estimate of drug-likeness (QED) is 0.296. The minimum Gasteiger partial charge on any atom is -0.507 e. The van der Waals surface area contributed by atoms with Crippen molar-refractivity contribution in [3.05, 3.63) is 75.9 Å². The summed E-state index contributed by atoms with van der Waals surface area (Å²) in [6, 6.07) is 12.5. The van der Waals surface area contributed by atoms with Crippen LogP contribution in [-0.2, 0) is 4.79 Å². The molecule has 0 amide bonds. The van der Waals surface area contributed by atoms with Crippen LogP contribution in [0.15, 0.2) is 63.8 Å². The van der Waals surface area contributed by atoms with E-state index in [1.165, 1.54) is 37.4 Å². The van der Waals surface area contributed by atoms with Gasteiger partial charge in [0, 0.05) is 29.2 Å². The van der Waals surface area contributed by atoms with E-state index < -0.39 is 29.7 Å². The van der Waals surface area contributed by atoms with Crippen molar-refractivity contribution >= 4 is 16.9 Å². The van der Waals surface area contributed by atoms with Crippen LogP contribution < -0.4 is 19.6 Å². The number of aromatic hydroxyl groups is 2. The summed E-state index contributed by atoms with van der Waals surface area (Å²) in [7, 11) is 1.39. The molecule has 3 aromatic carbocycles. The molecule has 0 saturated carbocycles. The normalized spacial score (nSPS) is 15.0. The highest BCUT2D eigenvalue weighted by Crippen LogP contribution is 2.46. The molecule has 0 aliphatic carbocycles. The highest BCUT2D eigenvalue weighted by atomic mass is 19.3. The zero-order chi connectivity index (χ0) is 25.6. The van der Waals surface area contributed by atoms with Crippen molar-refractivity contribution < 1.29 is 42.4 Å². The molecule has 1 aliphatic rings. The maximum absolute atomic E-state index is 13.1. The molecule has 2 heterocycles. The lowest BCUT2D eigenvalue weighted by Gasteiger charge is -2.26. The summed E-state index contributed by atoms with van der Waals surface area (Å²) in [6.07, 6.45) is -0.178. The molecule has 184 valence electrons. The fraction of sp³-hybridized carbons (Fsp3) is 0.154. The van der Waals surface area contributed by atoms with Gasteiger partial charge >= 0.3 is 12.6 Å². The molecule has 8 nitrogen and oxygen atoms in total. The molecule has 36 heavy (non-hydrogen) atoms. The molecule has 1 aliphatic heterocycles. The summed E-state index contributed by atoms with van der Waals surface area (Å²) in [6.45, 7) is -3.04. The average Bonchev–Trinajstić information content (AvgIpc) is 2.82. The smallest absolute Gasteiger partial charge is 0.387 e. The Morgan fingerprint density at radius 3 is 2.56 bits per heavy atom. The van der Waals surface area contributed by atoms with Crippen LogP contribution in [0.1, 0.15) is 23.5 Å². The number of fused-ring (bicyclic) bond motifs is 3. The molecule has 0 unspecified atom stereocenters. The van der Waals surface area contributed by atoms with Gasteiger partial charge in [0.15, 0.2) is 16.9 Å². The van der Waals surface area contributed by atoms with E-state index in [4.69, 9.17) is 13.9 Å². The summed E-state index contributed by atoms with van der Waals surface area (Å²) in [5.74, 6) is -1.86. The van der Waals surface area contributed by atoms with Gasteiger partial charge in [0.05, 0.1) is 13.5 Å². The van der Waals surface area contributed by atoms with Gasteiger partial charge in [-0.15, -0.1) is 0 Å². The van der Waals surface area contributed by atoms with E-state index in [0.717, 1.165) is 12.1 Å². The molecule has 0 spiro atoms. The third-order valence-corrected chi connectivity index (χ3v) is 5.87. The number of alkyl halides is 2. The van der Waals surface area contributed by atoms with E-state index in [-0.39, 0.29) is 51.7 Å². The summed E-state index contributed by atoms with van der Waals surface area (Å²) in [5.41, 5.74) is 0.454. The zero-order valence-electron chi connectivity index (χ0n) is 18.7. The van der Waals surface area contributed by atoms with Crippen LogP contribution in [0.4, 0.5) is 8.78 Å². The first kappa shape index (κ1) is 23.2. The first-order valence-electron chi connectivity index (χ1n) is 10.7. The van der Waals surface area contributed by atoms with Crippen LogP contribution in [-0.4, -0.2) is 29.9 Å². The van der Waals surface area contributed by atoms with E-state index >= 15 is 0 Å². The van der Waals surface area contributed by atoms with E-state index in [1.807, 2.05) is 0 Å². The highest BCUT2D eigenvalue weighted by molar-refractivity contribution is 5.93. The van der Waals surface area contributed by atoms with Gasteiger partial charge in [0.25, 0.3) is 0 Å². The molecule has 0 saturated heterocycles. The number of carbonyl (C=O) groups is 1. The molecule has 2 N–H and O–H groups in total. The third-order valence-electron chi connectivity index (χ3n) is 5.87. The maximum atomic E-state index is 13.1. The Morgan fingerprint density at radius 1 is 1.03 bits per heavy atom. The topological polar surface area (TPSA) is 115 Å². The first-order chi connectivity index (χ1) is 17.2. The number of hydrogen-bond donors (Lipinski definition) is 2. The molecule has 5 rings (SSSR count). The lowest BCUT2D eigenvalue weighted by atomic mass is 9.85. The van der Waals surface area contributed by atoms with Crippen molar-refractivity contribution in [3.63, 3.8) is 0 Å². The van der Waals surface area contributed by atoms with Gasteiger partial charge in [0.1, 0.15) is 34.0 Å². The summed E-state index contributed by atoms with van der Waals surface area (Å²) in [4.78, 5) is 25.4. The van der Waals surface area contributed by atoms with Crippen molar-refractivity contribution in [1.29, 1.82) is 0 Å². The van der Waals surface area contributed by atoms with Crippen LogP contribution in [0.25, 0.3) is 22.3 Å². The second-order valence-corrected chi connectivity index (χ2v) is 8.05. The summed E-state index contributed by atoms with van der Waals surface area (Å²) >= 11 is 0. The molecule has 0 radical (unpaired) electrons. The van der Waals surface area contributed by atoms with Gasteiger partial charge < -0.3 is 28.8 Å². The van der Waals surface area contributed by atoms with E-state index in [0.29, 0.717) is 11.1 Å². The van der Waals surface area contributed by atoms with E-state index in [1.54, 1.807) is 12.1 Å². The Labute approximate surface area is 201 Å². The Balaban J connectivity index is 1.75. The monoisotopic (exact) mass is 496 g/mol. The fourth-order valence-electron chi connectivity index (χ4n) is 4.34. The van der Waals surface area contributed by atoms with Gasteiger partial charge in [-0.25, -0.2) is 0 Å². The number of rotatable bonds is 5. The Bertz CT molecular complexity index is 1560. The molecule has 0 bridgehead atoms. The van der Waals surface area contributed by atoms with Crippen molar-refractivity contribution in [1.82, 2.24) is 0 Å². The van der Waals surface area contributed by atoms with Crippen molar-refractivity contribution in [2.24, 2.45) is 0 Å². The molecule has 1 aromatic heterocycles. The molecule has 10 heteroatoms. The van der Waals surface area contributed by atoms with Crippen LogP contribution in [0.5, 0.6) is 28.7 Å². The van der Waals surface area contributed by atoms with Gasteiger partial charge in [-0.2, -0.15) is 8.78 Å². The molecule has 0 fully saturated rings. The number of methoxy groups -OCH3 is 1. The Hall–Kier alpha value is -4.60. The standard InChI is InChI=1S/C26H18F2O8/c1-33-19-6-5-13(8-16(19)29)20-10-17(30)24-18(31)11-21-23(25(24)36-20)15(9-22(32)35-21)12-3-2-4-14(7-12)34-26(27)28/h2-8,10-11,15,26,29,31H,9H2,1H3/t15-/m0/s1. The predicted molar refractivity (Wildman–Crippen MR) is 123 cm³/mol. The maximum Gasteiger partial charge on any atom is 0.387 e. The van der Waals surface area contributed by atoms with E-state index in [2.05, 4.69) is 4.74 Å². The van der Waals surface area contributed by atoms with Crippen LogP contribution in [0.3, 0.4) is 0 Å². The lowest BCUT2D eigenvalue weighted by Crippen LogP contribution is -2.22. The van der Waals surface area contributed by atoms with Gasteiger partial charge in [0.2, 0.25) is 0 Å². The molecular weight excluding hydrogens is 478 g/mol. The number of esters is 1. The first-order valence-corrected chi connectivity index (χ1v) is 10.7. The minimum atomic E-state index is -3.04. The van der Waals surface area contributed by atoms with Crippen LogP contribution >= 0.6 is 0 Å². The van der Waals surface area contributed by atoms with Crippen molar-refractivity contribution in [2.45, 2.75) is 19.0 Å². The van der Waals surface area contributed by atoms with Crippen LogP contribution in [0, 0.1) is 0 Å². The van der Waals surface area contributed by atoms with Gasteiger partial charge in [-0.05, 0) is 35.9 Å². The zero-order valence-corrected chi connectivity index (χ0v) is 18.7. The Kier molecular flexibility index (Phi) is 5.71. The van der Waals surface area contributed by atoms with Crippen LogP contribution in [0.2, 0.25) is 0 Å². The number of hydrogen-bond acceptors (Lipinski definition) is 8. The number of phenols is 2. The largest absolute Gasteiger partial charge is 0.507 e. The minimum absolute atomic E-state index is 0.0284. The number of halogens is 2. The van der Waals surface area contributed by atoms with Crippen molar-refractivity contribution in [3.8, 4) is 40.1 Å². The number of carbonyl (C=O) groups excluding carboxylic acids is 1. The molecule has 1 atom stereocenters. The molecule has 4 aromatic rings. The summed E-state index contributed by atoms with van der Waals surface area (Å²) in [5, 5.41) is 20.6. The van der Waals surface area contributed by atoms with Gasteiger partial charge in [-0.3, -0.25) is 9.59 Å². The third kappa shape index (κ3) is 4.06. The van der Waals surface area contributed by atoms with Crippen molar-refractivity contribution in [2.75, 3.05) is 7.11 Å². The predicted octanol–water partition coefficient (Wildman–Crippen LogP) is 4.92. The average molecular weight is 496 g/mol. The fourth-order valence-corrected chi connectivity index (χ4v) is 4.34. The summed E-state index contributed by atoms with van der Waals surface area (Å²) < 4.78 is 46.5. The highest BCUT2D eigenvalue weighted by Gasteiger charge is 2.34. The SMILES string of the molecule is COc1ccc(-c2cc(=O)c3c(O)cc4c(c3o2)[C@H](c2cccc(OC(F)F)c2)CC(=O)O4)cc1O. The Morgan fingerprint density at radius 2 is 1.83 bits per heavy atom.